The number of halogens is 2. The molecule has 0 spiro atoms. The molecule has 0 aliphatic carbocycles. The van der Waals surface area contributed by atoms with Crippen molar-refractivity contribution < 1.29 is 9.53 Å². The van der Waals surface area contributed by atoms with E-state index in [2.05, 4.69) is 4.98 Å². The number of benzene rings is 2. The van der Waals surface area contributed by atoms with Gasteiger partial charge < -0.3 is 4.74 Å². The molecule has 146 valence electrons. The van der Waals surface area contributed by atoms with E-state index in [0.717, 1.165) is 0 Å². The van der Waals surface area contributed by atoms with Crippen LogP contribution < -0.4 is 5.56 Å². The number of ketones is 1. The summed E-state index contributed by atoms with van der Waals surface area (Å²) in [6.07, 6.45) is 0.663. The van der Waals surface area contributed by atoms with Crippen molar-refractivity contribution >= 4 is 51.6 Å². The maximum atomic E-state index is 12.9. The monoisotopic (exact) mass is 436 g/mol. The molecule has 0 N–H and O–H groups in total. The quantitative estimate of drug-likeness (QED) is 0.221. The Morgan fingerprint density at radius 2 is 1.86 bits per heavy atom. The average Bonchev–Trinajstić information content (AvgIpc) is 2.68. The van der Waals surface area contributed by atoms with E-state index in [9.17, 15) is 9.59 Å². The molecule has 0 aliphatic rings. The highest BCUT2D eigenvalue weighted by atomic mass is 35.5. The third kappa shape index (κ3) is 4.94. The molecule has 0 amide bonds. The van der Waals surface area contributed by atoms with E-state index in [-0.39, 0.29) is 17.1 Å². The molecule has 3 aromatic rings. The van der Waals surface area contributed by atoms with Crippen LogP contribution in [0.1, 0.15) is 16.8 Å². The highest BCUT2D eigenvalue weighted by Gasteiger charge is 2.14. The summed E-state index contributed by atoms with van der Waals surface area (Å²) >= 11 is 13.2. The fraction of sp³-hybridized carbons (Fsp3) is 0.250. The summed E-state index contributed by atoms with van der Waals surface area (Å²) in [6.45, 7) is 0.981. The Balaban J connectivity index is 1.90. The van der Waals surface area contributed by atoms with Crippen LogP contribution in [0.25, 0.3) is 10.9 Å². The van der Waals surface area contributed by atoms with Crippen molar-refractivity contribution in [3.05, 3.63) is 68.4 Å². The minimum Gasteiger partial charge on any atom is -0.385 e. The lowest BCUT2D eigenvalue weighted by molar-refractivity contribution is 0.102. The number of fused-ring (bicyclic) bond motifs is 1. The first-order chi connectivity index (χ1) is 13.5. The molecular formula is C20H18Cl2N2O3S. The van der Waals surface area contributed by atoms with E-state index >= 15 is 0 Å². The highest BCUT2D eigenvalue weighted by molar-refractivity contribution is 7.99. The second kappa shape index (κ2) is 9.56. The van der Waals surface area contributed by atoms with Crippen LogP contribution in [0, 0.1) is 0 Å². The Bertz CT molecular complexity index is 1050. The lowest BCUT2D eigenvalue weighted by atomic mass is 10.1. The largest absolute Gasteiger partial charge is 0.385 e. The standard InChI is InChI=1S/C20H18Cl2N2O3S/c1-27-10-2-9-24-19(26)16-8-7-15(22)11-17(16)23-20(24)28-12-18(25)13-3-5-14(21)6-4-13/h3-8,11H,2,9-10,12H2,1H3. The minimum atomic E-state index is -0.154. The van der Waals surface area contributed by atoms with Crippen molar-refractivity contribution in [2.24, 2.45) is 0 Å². The highest BCUT2D eigenvalue weighted by Crippen LogP contribution is 2.22. The molecule has 3 rings (SSSR count). The molecule has 1 aromatic heterocycles. The zero-order valence-corrected chi connectivity index (χ0v) is 17.5. The van der Waals surface area contributed by atoms with Gasteiger partial charge in [0, 0.05) is 35.9 Å². The number of carbonyl (C=O) groups is 1. The van der Waals surface area contributed by atoms with E-state index in [0.29, 0.717) is 51.2 Å². The Hall–Kier alpha value is -1.86. The summed E-state index contributed by atoms with van der Waals surface area (Å²) < 4.78 is 6.68. The SMILES string of the molecule is COCCCn1c(SCC(=O)c2ccc(Cl)cc2)nc2cc(Cl)ccc2c1=O. The average molecular weight is 437 g/mol. The van der Waals surface area contributed by atoms with Crippen LogP contribution in [0.4, 0.5) is 0 Å². The number of methoxy groups -OCH3 is 1. The van der Waals surface area contributed by atoms with E-state index in [4.69, 9.17) is 27.9 Å². The number of Topliss-reactive ketones (excluding diaryl/α,β-unsaturated/α-hetero) is 1. The van der Waals surface area contributed by atoms with Crippen molar-refractivity contribution in [3.8, 4) is 0 Å². The second-order valence-electron chi connectivity index (χ2n) is 6.08. The smallest absolute Gasteiger partial charge is 0.262 e. The van der Waals surface area contributed by atoms with Crippen LogP contribution in [0.15, 0.2) is 52.4 Å². The Morgan fingerprint density at radius 1 is 1.14 bits per heavy atom. The fourth-order valence-corrected chi connectivity index (χ4v) is 3.91. The molecule has 8 heteroatoms. The number of carbonyl (C=O) groups excluding carboxylic acids is 1. The summed E-state index contributed by atoms with van der Waals surface area (Å²) in [4.78, 5) is 30.0. The van der Waals surface area contributed by atoms with Gasteiger partial charge in [-0.1, -0.05) is 35.0 Å². The molecule has 0 fully saturated rings. The summed E-state index contributed by atoms with van der Waals surface area (Å²) in [5.74, 6) is 0.0929. The normalized spacial score (nSPS) is 11.1. The van der Waals surface area contributed by atoms with Gasteiger partial charge in [0.25, 0.3) is 5.56 Å². The molecule has 0 atom stereocenters. The maximum Gasteiger partial charge on any atom is 0.262 e. The van der Waals surface area contributed by atoms with Gasteiger partial charge in [-0.2, -0.15) is 0 Å². The first kappa shape index (κ1) is 20.9. The first-order valence-corrected chi connectivity index (χ1v) is 10.3. The maximum absolute atomic E-state index is 12.9. The zero-order chi connectivity index (χ0) is 20.1. The van der Waals surface area contributed by atoms with Crippen LogP contribution in [0.2, 0.25) is 10.0 Å². The number of thioether (sulfide) groups is 1. The van der Waals surface area contributed by atoms with Crippen molar-refractivity contribution in [2.75, 3.05) is 19.5 Å². The van der Waals surface area contributed by atoms with E-state index in [1.54, 1.807) is 54.1 Å². The lowest BCUT2D eigenvalue weighted by Gasteiger charge is -2.13. The topological polar surface area (TPSA) is 61.2 Å². The molecule has 0 aliphatic heterocycles. The molecule has 28 heavy (non-hydrogen) atoms. The lowest BCUT2D eigenvalue weighted by Crippen LogP contribution is -2.24. The summed E-state index contributed by atoms with van der Waals surface area (Å²) in [7, 11) is 1.61. The number of hydrogen-bond donors (Lipinski definition) is 0. The third-order valence-corrected chi connectivity index (χ3v) is 5.57. The molecule has 2 aromatic carbocycles. The van der Waals surface area contributed by atoms with Gasteiger partial charge in [0.05, 0.1) is 16.7 Å². The Labute approximate surface area is 176 Å². The first-order valence-electron chi connectivity index (χ1n) is 8.60. The van der Waals surface area contributed by atoms with Gasteiger partial charge in [0.1, 0.15) is 0 Å². The molecule has 0 unspecified atom stereocenters. The van der Waals surface area contributed by atoms with Crippen molar-refractivity contribution in [1.82, 2.24) is 9.55 Å². The molecule has 0 saturated carbocycles. The van der Waals surface area contributed by atoms with Gasteiger partial charge in [-0.25, -0.2) is 4.98 Å². The number of rotatable bonds is 8. The number of ether oxygens (including phenoxy) is 1. The molecule has 0 bridgehead atoms. The molecule has 5 nitrogen and oxygen atoms in total. The van der Waals surface area contributed by atoms with E-state index in [1.165, 1.54) is 11.8 Å². The predicted octanol–water partition coefficient (Wildman–Crippen LogP) is 4.71. The summed E-state index contributed by atoms with van der Waals surface area (Å²) in [5, 5.41) is 2.06. The van der Waals surface area contributed by atoms with Gasteiger partial charge in [0.15, 0.2) is 10.9 Å². The molecule has 1 heterocycles. The predicted molar refractivity (Wildman–Crippen MR) is 114 cm³/mol. The summed E-state index contributed by atoms with van der Waals surface area (Å²) in [6, 6.07) is 11.7. The van der Waals surface area contributed by atoms with Crippen LogP contribution in [-0.4, -0.2) is 34.8 Å². The van der Waals surface area contributed by atoms with Crippen LogP contribution in [-0.2, 0) is 11.3 Å². The van der Waals surface area contributed by atoms with Gasteiger partial charge >= 0.3 is 0 Å². The van der Waals surface area contributed by atoms with Crippen molar-refractivity contribution in [2.45, 2.75) is 18.1 Å². The molecule has 0 saturated heterocycles. The Morgan fingerprint density at radius 3 is 2.57 bits per heavy atom. The zero-order valence-electron chi connectivity index (χ0n) is 15.2. The number of aromatic nitrogens is 2. The Kier molecular flexibility index (Phi) is 7.13. The van der Waals surface area contributed by atoms with Gasteiger partial charge in [0.2, 0.25) is 0 Å². The van der Waals surface area contributed by atoms with Crippen LogP contribution in [0.5, 0.6) is 0 Å². The van der Waals surface area contributed by atoms with Gasteiger partial charge in [-0.15, -0.1) is 0 Å². The van der Waals surface area contributed by atoms with Crippen LogP contribution >= 0.6 is 35.0 Å². The number of nitrogens with zero attached hydrogens (tertiary/aromatic N) is 2. The van der Waals surface area contributed by atoms with Crippen LogP contribution in [0.3, 0.4) is 0 Å². The van der Waals surface area contributed by atoms with E-state index in [1.807, 2.05) is 0 Å². The number of hydrogen-bond acceptors (Lipinski definition) is 5. The van der Waals surface area contributed by atoms with Gasteiger partial charge in [-0.3, -0.25) is 14.2 Å². The summed E-state index contributed by atoms with van der Waals surface area (Å²) in [5.41, 5.74) is 0.926. The molecule has 0 radical (unpaired) electrons. The minimum absolute atomic E-state index is 0.0643. The molecular weight excluding hydrogens is 419 g/mol. The van der Waals surface area contributed by atoms with Crippen molar-refractivity contribution in [3.63, 3.8) is 0 Å². The van der Waals surface area contributed by atoms with E-state index < -0.39 is 0 Å². The third-order valence-electron chi connectivity index (χ3n) is 4.11. The fourth-order valence-electron chi connectivity index (χ4n) is 2.70. The van der Waals surface area contributed by atoms with Gasteiger partial charge in [-0.05, 0) is 48.9 Å². The van der Waals surface area contributed by atoms with Crippen molar-refractivity contribution in [1.29, 1.82) is 0 Å². The second-order valence-corrected chi connectivity index (χ2v) is 7.89.